The maximum atomic E-state index is 11.9. The van der Waals surface area contributed by atoms with Crippen LogP contribution in [0.3, 0.4) is 0 Å². The van der Waals surface area contributed by atoms with Crippen molar-refractivity contribution < 1.29 is 9.90 Å². The number of rotatable bonds is 8. The van der Waals surface area contributed by atoms with Gasteiger partial charge in [-0.15, -0.1) is 0 Å². The van der Waals surface area contributed by atoms with E-state index in [1.54, 1.807) is 18.2 Å². The highest BCUT2D eigenvalue weighted by molar-refractivity contribution is 6.42. The molecule has 2 N–H and O–H groups in total. The van der Waals surface area contributed by atoms with E-state index in [1.165, 1.54) is 0 Å². The van der Waals surface area contributed by atoms with Gasteiger partial charge in [0.05, 0.1) is 16.5 Å². The van der Waals surface area contributed by atoms with Crippen molar-refractivity contribution in [3.8, 4) is 0 Å². The average Bonchev–Trinajstić information content (AvgIpc) is 2.41. The number of amides is 1. The number of carbonyl (C=O) groups excluding carboxylic acids is 1. The van der Waals surface area contributed by atoms with E-state index < -0.39 is 0 Å². The van der Waals surface area contributed by atoms with Gasteiger partial charge in [0.25, 0.3) is 0 Å². The summed E-state index contributed by atoms with van der Waals surface area (Å²) in [4.78, 5) is 11.9. The first-order chi connectivity index (χ1) is 9.56. The summed E-state index contributed by atoms with van der Waals surface area (Å²) in [6.45, 7) is 2.86. The number of hydrogen-bond acceptors (Lipinski definition) is 2. The Hall–Kier alpha value is -0.770. The zero-order valence-corrected chi connectivity index (χ0v) is 13.2. The van der Waals surface area contributed by atoms with Gasteiger partial charge in [-0.2, -0.15) is 0 Å². The predicted octanol–water partition coefficient (Wildman–Crippen LogP) is 3.45. The Morgan fingerprint density at radius 3 is 2.65 bits per heavy atom. The first-order valence-corrected chi connectivity index (χ1v) is 7.63. The molecule has 0 aromatic heterocycles. The van der Waals surface area contributed by atoms with Crippen LogP contribution in [0.15, 0.2) is 18.2 Å². The summed E-state index contributed by atoms with van der Waals surface area (Å²) < 4.78 is 0. The van der Waals surface area contributed by atoms with Gasteiger partial charge in [0.1, 0.15) is 0 Å². The summed E-state index contributed by atoms with van der Waals surface area (Å²) in [6, 6.07) is 5.20. The van der Waals surface area contributed by atoms with Crippen LogP contribution in [0.2, 0.25) is 10.0 Å². The molecule has 0 aliphatic carbocycles. The van der Waals surface area contributed by atoms with E-state index in [9.17, 15) is 4.79 Å². The molecule has 0 aliphatic heterocycles. The zero-order chi connectivity index (χ0) is 15.0. The first kappa shape index (κ1) is 17.3. The summed E-state index contributed by atoms with van der Waals surface area (Å²) in [5.74, 6) is 0.296. The first-order valence-electron chi connectivity index (χ1n) is 6.88. The van der Waals surface area contributed by atoms with E-state index in [0.29, 0.717) is 22.5 Å². The normalized spacial score (nSPS) is 12.2. The number of benzene rings is 1. The van der Waals surface area contributed by atoms with Crippen LogP contribution in [-0.2, 0) is 11.2 Å². The maximum absolute atomic E-state index is 11.9. The van der Waals surface area contributed by atoms with Crippen LogP contribution in [0.4, 0.5) is 0 Å². The highest BCUT2D eigenvalue weighted by Gasteiger charge is 2.10. The summed E-state index contributed by atoms with van der Waals surface area (Å²) in [7, 11) is 0. The molecule has 1 aromatic carbocycles. The molecular weight excluding hydrogens is 297 g/mol. The molecule has 20 heavy (non-hydrogen) atoms. The van der Waals surface area contributed by atoms with E-state index in [-0.39, 0.29) is 18.9 Å². The van der Waals surface area contributed by atoms with Gasteiger partial charge in [0.15, 0.2) is 0 Å². The molecule has 0 fully saturated rings. The molecule has 0 spiro atoms. The van der Waals surface area contributed by atoms with E-state index >= 15 is 0 Å². The third-order valence-electron chi connectivity index (χ3n) is 3.17. The Kier molecular flexibility index (Phi) is 7.97. The van der Waals surface area contributed by atoms with Crippen molar-refractivity contribution >= 4 is 29.1 Å². The van der Waals surface area contributed by atoms with Gasteiger partial charge >= 0.3 is 0 Å². The van der Waals surface area contributed by atoms with Gasteiger partial charge in [-0.1, -0.05) is 42.6 Å². The molecule has 1 unspecified atom stereocenters. The Morgan fingerprint density at radius 2 is 2.05 bits per heavy atom. The van der Waals surface area contributed by atoms with Crippen molar-refractivity contribution in [1.82, 2.24) is 5.32 Å². The lowest BCUT2D eigenvalue weighted by molar-refractivity contribution is -0.120. The van der Waals surface area contributed by atoms with Gasteiger partial charge < -0.3 is 10.4 Å². The zero-order valence-electron chi connectivity index (χ0n) is 11.7. The Labute approximate surface area is 130 Å². The van der Waals surface area contributed by atoms with Gasteiger partial charge in [-0.3, -0.25) is 4.79 Å². The van der Waals surface area contributed by atoms with Crippen LogP contribution in [0.25, 0.3) is 0 Å². The molecule has 0 saturated heterocycles. The molecule has 1 atom stereocenters. The van der Waals surface area contributed by atoms with Crippen LogP contribution < -0.4 is 5.32 Å². The second-order valence-electron chi connectivity index (χ2n) is 4.90. The molecule has 0 heterocycles. The van der Waals surface area contributed by atoms with Crippen molar-refractivity contribution in [2.24, 2.45) is 5.92 Å². The van der Waals surface area contributed by atoms with E-state index in [2.05, 4.69) is 12.2 Å². The second-order valence-corrected chi connectivity index (χ2v) is 5.71. The SMILES string of the molecule is CCCC(CCO)CNC(=O)Cc1ccc(Cl)c(Cl)c1. The van der Waals surface area contributed by atoms with Gasteiger partial charge in [-0.05, 0) is 36.5 Å². The van der Waals surface area contributed by atoms with Crippen LogP contribution >= 0.6 is 23.2 Å². The maximum Gasteiger partial charge on any atom is 0.224 e. The Balaban J connectivity index is 2.44. The molecule has 0 aliphatic rings. The molecule has 3 nitrogen and oxygen atoms in total. The van der Waals surface area contributed by atoms with E-state index in [0.717, 1.165) is 24.8 Å². The van der Waals surface area contributed by atoms with Crippen molar-refractivity contribution in [2.75, 3.05) is 13.2 Å². The van der Waals surface area contributed by atoms with Crippen molar-refractivity contribution in [3.05, 3.63) is 33.8 Å². The van der Waals surface area contributed by atoms with Crippen molar-refractivity contribution in [3.63, 3.8) is 0 Å². The number of aliphatic hydroxyl groups is 1. The minimum atomic E-state index is -0.0394. The Bertz CT molecular complexity index is 432. The lowest BCUT2D eigenvalue weighted by Crippen LogP contribution is -2.31. The molecule has 0 bridgehead atoms. The third-order valence-corrected chi connectivity index (χ3v) is 3.91. The fraction of sp³-hybridized carbons (Fsp3) is 0.533. The molecule has 1 amide bonds. The second kappa shape index (κ2) is 9.22. The largest absolute Gasteiger partial charge is 0.396 e. The number of hydrogen-bond donors (Lipinski definition) is 2. The summed E-state index contributed by atoms with van der Waals surface area (Å²) in [5, 5.41) is 12.8. The summed E-state index contributed by atoms with van der Waals surface area (Å²) >= 11 is 11.7. The van der Waals surface area contributed by atoms with Crippen molar-refractivity contribution in [2.45, 2.75) is 32.6 Å². The third kappa shape index (κ3) is 6.12. The quantitative estimate of drug-likeness (QED) is 0.771. The lowest BCUT2D eigenvalue weighted by atomic mass is 10.00. The smallest absolute Gasteiger partial charge is 0.224 e. The monoisotopic (exact) mass is 317 g/mol. The summed E-state index contributed by atoms with van der Waals surface area (Å²) in [5.41, 5.74) is 0.839. The highest BCUT2D eigenvalue weighted by Crippen LogP contribution is 2.22. The number of nitrogens with one attached hydrogen (secondary N) is 1. The van der Waals surface area contributed by atoms with Gasteiger partial charge in [-0.25, -0.2) is 0 Å². The summed E-state index contributed by atoms with van der Waals surface area (Å²) in [6.07, 6.45) is 3.07. The topological polar surface area (TPSA) is 49.3 Å². The standard InChI is InChI=1S/C15H21Cl2NO2/c1-2-3-11(6-7-19)10-18-15(20)9-12-4-5-13(16)14(17)8-12/h4-5,8,11,19H,2-3,6-7,9-10H2,1H3,(H,18,20). The van der Waals surface area contributed by atoms with Gasteiger partial charge in [0.2, 0.25) is 5.91 Å². The Morgan fingerprint density at radius 1 is 1.30 bits per heavy atom. The lowest BCUT2D eigenvalue weighted by Gasteiger charge is -2.15. The van der Waals surface area contributed by atoms with Crippen LogP contribution in [0, 0.1) is 5.92 Å². The molecule has 1 rings (SSSR count). The number of halogens is 2. The predicted molar refractivity (Wildman–Crippen MR) is 83.3 cm³/mol. The molecule has 1 aromatic rings. The molecule has 112 valence electrons. The highest BCUT2D eigenvalue weighted by atomic mass is 35.5. The molecule has 5 heteroatoms. The molecule has 0 radical (unpaired) electrons. The average molecular weight is 318 g/mol. The van der Waals surface area contributed by atoms with Crippen LogP contribution in [0.5, 0.6) is 0 Å². The molecule has 0 saturated carbocycles. The fourth-order valence-corrected chi connectivity index (χ4v) is 2.42. The van der Waals surface area contributed by atoms with E-state index in [4.69, 9.17) is 28.3 Å². The minimum Gasteiger partial charge on any atom is -0.396 e. The minimum absolute atomic E-state index is 0.0394. The molecular formula is C15H21Cl2NO2. The van der Waals surface area contributed by atoms with Crippen LogP contribution in [-0.4, -0.2) is 24.2 Å². The fourth-order valence-electron chi connectivity index (χ4n) is 2.09. The number of carbonyl (C=O) groups is 1. The van der Waals surface area contributed by atoms with E-state index in [1.807, 2.05) is 0 Å². The van der Waals surface area contributed by atoms with Gasteiger partial charge in [0, 0.05) is 13.2 Å². The van der Waals surface area contributed by atoms with Crippen molar-refractivity contribution in [1.29, 1.82) is 0 Å². The van der Waals surface area contributed by atoms with Crippen LogP contribution in [0.1, 0.15) is 31.7 Å². The number of aliphatic hydroxyl groups excluding tert-OH is 1.